The normalized spacial score (nSPS) is 10.0. The van der Waals surface area contributed by atoms with Gasteiger partial charge in [-0.15, -0.1) is 0 Å². The molecule has 1 N–H and O–H groups in total. The fourth-order valence-corrected chi connectivity index (χ4v) is 2.39. The second kappa shape index (κ2) is 5.75. The van der Waals surface area contributed by atoms with Gasteiger partial charge in [0.15, 0.2) is 0 Å². The Morgan fingerprint density at radius 3 is 2.23 bits per heavy atom. The molecule has 3 aromatic rings. The van der Waals surface area contributed by atoms with Gasteiger partial charge in [0.05, 0.1) is 5.56 Å². The largest absolute Gasteiger partial charge is 0.478 e. The molecule has 0 amide bonds. The zero-order valence-electron chi connectivity index (χ0n) is 12.1. The van der Waals surface area contributed by atoms with Gasteiger partial charge in [0, 0.05) is 11.1 Å². The number of hydrogen-bond acceptors (Lipinski definition) is 1. The van der Waals surface area contributed by atoms with Crippen LogP contribution in [0.1, 0.15) is 27.0 Å². The predicted molar refractivity (Wildman–Crippen MR) is 88.1 cm³/mol. The zero-order chi connectivity index (χ0) is 15.5. The first-order valence-corrected chi connectivity index (χ1v) is 6.99. The number of rotatable bonds is 1. The summed E-state index contributed by atoms with van der Waals surface area (Å²) in [6.45, 7) is 2.09. The maximum Gasteiger partial charge on any atom is 0.335 e. The molecule has 0 saturated carbocycles. The molecule has 0 spiro atoms. The number of fused-ring (bicyclic) bond motifs is 1. The molecular weight excluding hydrogens is 272 g/mol. The Morgan fingerprint density at radius 2 is 1.55 bits per heavy atom. The van der Waals surface area contributed by atoms with E-state index in [1.165, 1.54) is 10.9 Å². The number of carboxylic acids is 1. The van der Waals surface area contributed by atoms with Crippen molar-refractivity contribution >= 4 is 16.7 Å². The maximum atomic E-state index is 10.8. The van der Waals surface area contributed by atoms with Crippen LogP contribution in [0.15, 0.2) is 60.7 Å². The molecule has 3 rings (SSSR count). The highest BCUT2D eigenvalue weighted by Crippen LogP contribution is 2.21. The highest BCUT2D eigenvalue weighted by atomic mass is 16.4. The van der Waals surface area contributed by atoms with E-state index in [1.54, 1.807) is 24.3 Å². The van der Waals surface area contributed by atoms with Crippen LogP contribution >= 0.6 is 0 Å². The van der Waals surface area contributed by atoms with Crippen molar-refractivity contribution in [3.8, 4) is 11.8 Å². The summed E-state index contributed by atoms with van der Waals surface area (Å²) in [5, 5.41) is 11.2. The maximum absolute atomic E-state index is 10.8. The van der Waals surface area contributed by atoms with Gasteiger partial charge in [-0.1, -0.05) is 42.2 Å². The van der Waals surface area contributed by atoms with E-state index in [9.17, 15) is 4.79 Å². The molecule has 0 fully saturated rings. The fourth-order valence-electron chi connectivity index (χ4n) is 2.39. The quantitative estimate of drug-likeness (QED) is 0.679. The number of aryl methyl sites for hydroxylation is 1. The number of carboxylic acid groups (broad SMARTS) is 1. The summed E-state index contributed by atoms with van der Waals surface area (Å²) in [5.41, 5.74) is 3.27. The SMILES string of the molecule is Cc1ccc(C#Cc2ccc(C(=O)O)cc2)c2ccccc12. The van der Waals surface area contributed by atoms with Crippen molar-refractivity contribution in [1.82, 2.24) is 0 Å². The summed E-state index contributed by atoms with van der Waals surface area (Å²) < 4.78 is 0. The zero-order valence-corrected chi connectivity index (χ0v) is 12.1. The van der Waals surface area contributed by atoms with Gasteiger partial charge in [0.2, 0.25) is 0 Å². The number of benzene rings is 3. The Kier molecular flexibility index (Phi) is 3.64. The Hall–Kier alpha value is -3.05. The first-order valence-electron chi connectivity index (χ1n) is 6.99. The first-order chi connectivity index (χ1) is 10.6. The number of hydrogen-bond donors (Lipinski definition) is 1. The smallest absolute Gasteiger partial charge is 0.335 e. The fraction of sp³-hybridized carbons (Fsp3) is 0.0500. The van der Waals surface area contributed by atoms with Crippen LogP contribution in [0, 0.1) is 18.8 Å². The summed E-state index contributed by atoms with van der Waals surface area (Å²) >= 11 is 0. The summed E-state index contributed by atoms with van der Waals surface area (Å²) in [6, 6.07) is 18.9. The average Bonchev–Trinajstić information content (AvgIpc) is 2.55. The second-order valence-electron chi connectivity index (χ2n) is 5.11. The minimum absolute atomic E-state index is 0.270. The molecule has 106 valence electrons. The summed E-state index contributed by atoms with van der Waals surface area (Å²) in [7, 11) is 0. The molecule has 0 aromatic heterocycles. The topological polar surface area (TPSA) is 37.3 Å². The van der Waals surface area contributed by atoms with Crippen LogP contribution in [-0.4, -0.2) is 11.1 Å². The third-order valence-electron chi connectivity index (χ3n) is 3.62. The molecule has 0 saturated heterocycles. The average molecular weight is 286 g/mol. The van der Waals surface area contributed by atoms with Crippen molar-refractivity contribution in [3.05, 3.63) is 82.9 Å². The Morgan fingerprint density at radius 1 is 0.864 bits per heavy atom. The predicted octanol–water partition coefficient (Wildman–Crippen LogP) is 4.25. The van der Waals surface area contributed by atoms with Gasteiger partial charge in [0.25, 0.3) is 0 Å². The van der Waals surface area contributed by atoms with Gasteiger partial charge in [-0.25, -0.2) is 4.79 Å². The molecule has 22 heavy (non-hydrogen) atoms. The highest BCUT2D eigenvalue weighted by Gasteiger charge is 2.02. The lowest BCUT2D eigenvalue weighted by molar-refractivity contribution is 0.0697. The van der Waals surface area contributed by atoms with E-state index in [0.29, 0.717) is 0 Å². The van der Waals surface area contributed by atoms with Crippen molar-refractivity contribution in [2.45, 2.75) is 6.92 Å². The van der Waals surface area contributed by atoms with Gasteiger partial charge < -0.3 is 5.11 Å². The van der Waals surface area contributed by atoms with Gasteiger partial charge in [0.1, 0.15) is 0 Å². The van der Waals surface area contributed by atoms with Gasteiger partial charge in [-0.3, -0.25) is 0 Å². The van der Waals surface area contributed by atoms with E-state index in [2.05, 4.69) is 37.0 Å². The summed E-state index contributed by atoms with van der Waals surface area (Å²) in [5.74, 6) is 5.35. The Labute approximate surface area is 129 Å². The van der Waals surface area contributed by atoms with Gasteiger partial charge >= 0.3 is 5.97 Å². The monoisotopic (exact) mass is 286 g/mol. The lowest BCUT2D eigenvalue weighted by Crippen LogP contribution is -1.94. The molecular formula is C20H14O2. The van der Waals surface area contributed by atoms with Crippen molar-refractivity contribution in [2.75, 3.05) is 0 Å². The van der Waals surface area contributed by atoms with Crippen LogP contribution < -0.4 is 0 Å². The van der Waals surface area contributed by atoms with Crippen LogP contribution in [0.5, 0.6) is 0 Å². The van der Waals surface area contributed by atoms with E-state index in [1.807, 2.05) is 18.2 Å². The van der Waals surface area contributed by atoms with E-state index in [0.717, 1.165) is 16.5 Å². The van der Waals surface area contributed by atoms with E-state index in [-0.39, 0.29) is 5.56 Å². The molecule has 2 heteroatoms. The first kappa shape index (κ1) is 13.9. The number of aromatic carboxylic acids is 1. The second-order valence-corrected chi connectivity index (χ2v) is 5.11. The van der Waals surface area contributed by atoms with Crippen LogP contribution in [-0.2, 0) is 0 Å². The van der Waals surface area contributed by atoms with Crippen LogP contribution in [0.4, 0.5) is 0 Å². The lowest BCUT2D eigenvalue weighted by Gasteiger charge is -2.03. The van der Waals surface area contributed by atoms with Crippen LogP contribution in [0.25, 0.3) is 10.8 Å². The molecule has 0 heterocycles. The minimum Gasteiger partial charge on any atom is -0.478 e. The standard InChI is InChI=1S/C20H14O2/c1-14-6-10-16(19-5-3-2-4-18(14)19)11-7-15-8-12-17(13-9-15)20(21)22/h2-6,8-10,12-13H,1H3,(H,21,22). The van der Waals surface area contributed by atoms with Crippen LogP contribution in [0.2, 0.25) is 0 Å². The molecule has 0 radical (unpaired) electrons. The third-order valence-corrected chi connectivity index (χ3v) is 3.62. The molecule has 0 aliphatic heterocycles. The number of carbonyl (C=O) groups is 1. The van der Waals surface area contributed by atoms with Crippen molar-refractivity contribution in [2.24, 2.45) is 0 Å². The molecule has 2 nitrogen and oxygen atoms in total. The molecule has 0 bridgehead atoms. The Balaban J connectivity index is 2.01. The van der Waals surface area contributed by atoms with E-state index < -0.39 is 5.97 Å². The van der Waals surface area contributed by atoms with E-state index >= 15 is 0 Å². The highest BCUT2D eigenvalue weighted by molar-refractivity contribution is 5.91. The molecule has 0 aliphatic rings. The summed E-state index contributed by atoms with van der Waals surface area (Å²) in [4.78, 5) is 10.8. The molecule has 0 atom stereocenters. The van der Waals surface area contributed by atoms with Crippen molar-refractivity contribution in [1.29, 1.82) is 0 Å². The van der Waals surface area contributed by atoms with Crippen molar-refractivity contribution < 1.29 is 9.90 Å². The van der Waals surface area contributed by atoms with E-state index in [4.69, 9.17) is 5.11 Å². The van der Waals surface area contributed by atoms with Crippen LogP contribution in [0.3, 0.4) is 0 Å². The third kappa shape index (κ3) is 2.70. The van der Waals surface area contributed by atoms with Crippen molar-refractivity contribution in [3.63, 3.8) is 0 Å². The minimum atomic E-state index is -0.927. The lowest BCUT2D eigenvalue weighted by atomic mass is 10.0. The Bertz CT molecular complexity index is 910. The van der Waals surface area contributed by atoms with Gasteiger partial charge in [-0.05, 0) is 53.6 Å². The molecule has 0 aliphatic carbocycles. The molecule has 0 unspecified atom stereocenters. The molecule has 3 aromatic carbocycles. The summed E-state index contributed by atoms with van der Waals surface area (Å²) in [6.07, 6.45) is 0. The van der Waals surface area contributed by atoms with Gasteiger partial charge in [-0.2, -0.15) is 0 Å².